The van der Waals surface area contributed by atoms with E-state index in [4.69, 9.17) is 9.47 Å². The fourth-order valence-corrected chi connectivity index (χ4v) is 3.21. The molecule has 0 amide bonds. The fourth-order valence-electron chi connectivity index (χ4n) is 2.72. The van der Waals surface area contributed by atoms with Crippen LogP contribution >= 0.6 is 15.9 Å². The highest BCUT2D eigenvalue weighted by Crippen LogP contribution is 2.36. The topological polar surface area (TPSA) is 60.5 Å². The van der Waals surface area contributed by atoms with Crippen LogP contribution in [0.4, 0.5) is 15.8 Å². The summed E-state index contributed by atoms with van der Waals surface area (Å²) in [6.07, 6.45) is 1.43. The van der Waals surface area contributed by atoms with E-state index >= 15 is 0 Å². The number of aryl methyl sites for hydroxylation is 1. The van der Waals surface area contributed by atoms with Crippen LogP contribution in [0.1, 0.15) is 22.8 Å². The van der Waals surface area contributed by atoms with Gasteiger partial charge in [0.15, 0.2) is 0 Å². The van der Waals surface area contributed by atoms with Gasteiger partial charge < -0.3 is 14.8 Å². The quantitative estimate of drug-likeness (QED) is 0.548. The van der Waals surface area contributed by atoms with Crippen molar-refractivity contribution in [2.45, 2.75) is 13.8 Å². The molecule has 2 aromatic carbocycles. The number of carbonyl (C=O) groups excluding carboxylic acids is 1. The summed E-state index contributed by atoms with van der Waals surface area (Å²) in [4.78, 5) is 16.8. The van der Waals surface area contributed by atoms with E-state index in [0.717, 1.165) is 10.0 Å². The molecule has 0 bridgehead atoms. The van der Waals surface area contributed by atoms with Crippen molar-refractivity contribution in [3.05, 3.63) is 57.9 Å². The van der Waals surface area contributed by atoms with Crippen LogP contribution in [-0.2, 0) is 4.74 Å². The van der Waals surface area contributed by atoms with Crippen LogP contribution in [0.25, 0.3) is 10.9 Å². The molecule has 3 aromatic rings. The van der Waals surface area contributed by atoms with E-state index < -0.39 is 11.8 Å². The summed E-state index contributed by atoms with van der Waals surface area (Å²) in [5.74, 6) is -0.396. The molecule has 0 aliphatic heterocycles. The zero-order valence-corrected chi connectivity index (χ0v) is 16.7. The molecule has 27 heavy (non-hydrogen) atoms. The Morgan fingerprint density at radius 2 is 2.07 bits per heavy atom. The number of methoxy groups -OCH3 is 1. The summed E-state index contributed by atoms with van der Waals surface area (Å²) in [7, 11) is 1.54. The number of halogens is 2. The van der Waals surface area contributed by atoms with Crippen LogP contribution in [0.2, 0.25) is 0 Å². The number of carbonyl (C=O) groups is 1. The van der Waals surface area contributed by atoms with Crippen molar-refractivity contribution >= 4 is 44.2 Å². The second-order valence-electron chi connectivity index (χ2n) is 5.88. The predicted octanol–water partition coefficient (Wildman–Crippen LogP) is 5.37. The highest BCUT2D eigenvalue weighted by molar-refractivity contribution is 9.10. The number of ether oxygens (including phenoxy) is 2. The summed E-state index contributed by atoms with van der Waals surface area (Å²) in [6.45, 7) is 3.81. The Labute approximate surface area is 164 Å². The van der Waals surface area contributed by atoms with Gasteiger partial charge in [-0.1, -0.05) is 6.07 Å². The van der Waals surface area contributed by atoms with Gasteiger partial charge in [-0.15, -0.1) is 0 Å². The van der Waals surface area contributed by atoms with Gasteiger partial charge in [0.25, 0.3) is 0 Å². The Morgan fingerprint density at radius 3 is 2.78 bits per heavy atom. The summed E-state index contributed by atoms with van der Waals surface area (Å²) in [6, 6.07) is 8.25. The van der Waals surface area contributed by atoms with E-state index in [9.17, 15) is 9.18 Å². The Balaban J connectivity index is 2.25. The monoisotopic (exact) mass is 432 g/mol. The summed E-state index contributed by atoms with van der Waals surface area (Å²) in [5.41, 5.74) is 2.39. The van der Waals surface area contributed by atoms with Crippen LogP contribution in [0.3, 0.4) is 0 Å². The van der Waals surface area contributed by atoms with E-state index in [1.807, 2.05) is 6.92 Å². The van der Waals surface area contributed by atoms with Crippen LogP contribution < -0.4 is 10.1 Å². The summed E-state index contributed by atoms with van der Waals surface area (Å²) >= 11 is 3.43. The van der Waals surface area contributed by atoms with Crippen molar-refractivity contribution in [1.82, 2.24) is 4.98 Å². The molecule has 0 saturated carbocycles. The number of hydrogen-bond acceptors (Lipinski definition) is 5. The van der Waals surface area contributed by atoms with Crippen molar-refractivity contribution in [2.24, 2.45) is 0 Å². The predicted molar refractivity (Wildman–Crippen MR) is 106 cm³/mol. The molecule has 0 unspecified atom stereocenters. The minimum absolute atomic E-state index is 0.217. The van der Waals surface area contributed by atoms with Gasteiger partial charge in [0.2, 0.25) is 0 Å². The van der Waals surface area contributed by atoms with Gasteiger partial charge >= 0.3 is 5.97 Å². The molecule has 5 nitrogen and oxygen atoms in total. The highest BCUT2D eigenvalue weighted by Gasteiger charge is 2.19. The van der Waals surface area contributed by atoms with Gasteiger partial charge in [0.1, 0.15) is 17.1 Å². The maximum absolute atomic E-state index is 14.3. The maximum Gasteiger partial charge on any atom is 0.341 e. The lowest BCUT2D eigenvalue weighted by atomic mass is 10.1. The Bertz CT molecular complexity index is 1020. The van der Waals surface area contributed by atoms with Crippen molar-refractivity contribution in [3.8, 4) is 5.75 Å². The molecule has 0 radical (unpaired) electrons. The first-order valence-corrected chi connectivity index (χ1v) is 9.10. The number of aromatic nitrogens is 1. The number of rotatable bonds is 5. The molecule has 0 aliphatic rings. The molecular weight excluding hydrogens is 415 g/mol. The smallest absolute Gasteiger partial charge is 0.341 e. The van der Waals surface area contributed by atoms with Gasteiger partial charge in [-0.3, -0.25) is 4.98 Å². The molecule has 7 heteroatoms. The van der Waals surface area contributed by atoms with Crippen LogP contribution in [0.5, 0.6) is 5.75 Å². The largest absolute Gasteiger partial charge is 0.496 e. The number of nitrogens with zero attached hydrogens (tertiary/aromatic N) is 1. The zero-order chi connectivity index (χ0) is 19.6. The fraction of sp³-hybridized carbons (Fsp3) is 0.200. The molecule has 0 aliphatic carbocycles. The van der Waals surface area contributed by atoms with Gasteiger partial charge in [0.05, 0.1) is 35.1 Å². The first kappa shape index (κ1) is 19.1. The zero-order valence-electron chi connectivity index (χ0n) is 15.1. The van der Waals surface area contributed by atoms with E-state index in [1.54, 1.807) is 38.3 Å². The van der Waals surface area contributed by atoms with Crippen LogP contribution in [0, 0.1) is 12.7 Å². The molecule has 0 fully saturated rings. The van der Waals surface area contributed by atoms with Gasteiger partial charge in [0, 0.05) is 11.6 Å². The lowest BCUT2D eigenvalue weighted by molar-refractivity contribution is 0.0527. The molecule has 0 spiro atoms. The second kappa shape index (κ2) is 7.92. The van der Waals surface area contributed by atoms with E-state index in [-0.39, 0.29) is 17.9 Å². The second-order valence-corrected chi connectivity index (χ2v) is 6.73. The standard InChI is InChI=1S/C20H18BrFN2O3/c1-4-27-20(25)13-10-23-16-9-14(21)18(26-3)8-12(16)19(13)24-17-7-11(2)5-6-15(17)22/h5-10H,4H2,1-3H3,(H,23,24). The first-order chi connectivity index (χ1) is 12.9. The third kappa shape index (κ3) is 3.88. The van der Waals surface area contributed by atoms with Crippen LogP contribution in [-0.4, -0.2) is 24.7 Å². The van der Waals surface area contributed by atoms with E-state index in [1.165, 1.54) is 12.3 Å². The van der Waals surface area contributed by atoms with Crippen LogP contribution in [0.15, 0.2) is 41.0 Å². The van der Waals surface area contributed by atoms with Crippen molar-refractivity contribution in [1.29, 1.82) is 0 Å². The molecular formula is C20H18BrFN2O3. The molecule has 0 atom stereocenters. The first-order valence-electron chi connectivity index (χ1n) is 8.31. The average molecular weight is 433 g/mol. The summed E-state index contributed by atoms with van der Waals surface area (Å²) < 4.78 is 25.5. The van der Waals surface area contributed by atoms with E-state index in [2.05, 4.69) is 26.2 Å². The number of esters is 1. The highest BCUT2D eigenvalue weighted by atomic mass is 79.9. The number of pyridine rings is 1. The number of nitrogens with one attached hydrogen (secondary N) is 1. The normalized spacial score (nSPS) is 10.7. The van der Waals surface area contributed by atoms with Gasteiger partial charge in [-0.25, -0.2) is 9.18 Å². The molecule has 140 valence electrons. The number of hydrogen-bond donors (Lipinski definition) is 1. The minimum atomic E-state index is -0.538. The summed E-state index contributed by atoms with van der Waals surface area (Å²) in [5, 5.41) is 3.66. The molecule has 3 rings (SSSR count). The maximum atomic E-state index is 14.3. The Hall–Kier alpha value is -2.67. The third-order valence-electron chi connectivity index (χ3n) is 4.02. The van der Waals surface area contributed by atoms with E-state index in [0.29, 0.717) is 22.3 Å². The Kier molecular flexibility index (Phi) is 5.60. The molecule has 1 aromatic heterocycles. The van der Waals surface area contributed by atoms with Crippen molar-refractivity contribution in [3.63, 3.8) is 0 Å². The lowest BCUT2D eigenvalue weighted by Crippen LogP contribution is -2.10. The number of anilines is 2. The number of benzene rings is 2. The average Bonchev–Trinajstić information content (AvgIpc) is 2.64. The SMILES string of the molecule is CCOC(=O)c1cnc2cc(Br)c(OC)cc2c1Nc1cc(C)ccc1F. The van der Waals surface area contributed by atoms with Gasteiger partial charge in [-0.05, 0) is 59.6 Å². The minimum Gasteiger partial charge on any atom is -0.496 e. The van der Waals surface area contributed by atoms with Gasteiger partial charge in [-0.2, -0.15) is 0 Å². The Morgan fingerprint density at radius 1 is 1.30 bits per heavy atom. The lowest BCUT2D eigenvalue weighted by Gasteiger charge is -2.16. The third-order valence-corrected chi connectivity index (χ3v) is 4.64. The van der Waals surface area contributed by atoms with Crippen molar-refractivity contribution in [2.75, 3.05) is 19.0 Å². The number of fused-ring (bicyclic) bond motifs is 1. The molecule has 1 heterocycles. The molecule has 0 saturated heterocycles. The molecule has 1 N–H and O–H groups in total. The van der Waals surface area contributed by atoms with Crippen molar-refractivity contribution < 1.29 is 18.7 Å².